The van der Waals surface area contributed by atoms with Gasteiger partial charge in [0.2, 0.25) is 0 Å². The lowest BCUT2D eigenvalue weighted by Gasteiger charge is -2.36. The number of rotatable bonds is 3. The van der Waals surface area contributed by atoms with E-state index in [1.54, 1.807) is 17.8 Å². The van der Waals surface area contributed by atoms with Crippen LogP contribution in [0, 0.1) is 11.3 Å². The minimum Gasteiger partial charge on any atom is -0.481 e. The van der Waals surface area contributed by atoms with Crippen LogP contribution in [-0.2, 0) is 4.79 Å². The van der Waals surface area contributed by atoms with Crippen LogP contribution in [0.3, 0.4) is 0 Å². The molecule has 0 spiro atoms. The van der Waals surface area contributed by atoms with E-state index in [4.69, 9.17) is 10.4 Å². The molecule has 0 aromatic heterocycles. The molecule has 1 aliphatic rings. The highest BCUT2D eigenvalue weighted by Gasteiger charge is 2.25. The van der Waals surface area contributed by atoms with Crippen molar-refractivity contribution in [3.63, 3.8) is 0 Å². The zero-order valence-corrected chi connectivity index (χ0v) is 12.6. The fourth-order valence-corrected chi connectivity index (χ4v) is 3.66. The van der Waals surface area contributed by atoms with Gasteiger partial charge in [-0.1, -0.05) is 0 Å². The van der Waals surface area contributed by atoms with Gasteiger partial charge in [0.05, 0.1) is 12.0 Å². The van der Waals surface area contributed by atoms with Crippen molar-refractivity contribution in [2.24, 2.45) is 0 Å². The predicted octanol–water partition coefficient (Wildman–Crippen LogP) is 2.72. The Labute approximate surface area is 124 Å². The summed E-state index contributed by atoms with van der Waals surface area (Å²) in [5.41, 5.74) is 1.56. The lowest BCUT2D eigenvalue weighted by Crippen LogP contribution is -2.43. The van der Waals surface area contributed by atoms with Gasteiger partial charge in [0.15, 0.2) is 0 Å². The second kappa shape index (κ2) is 6.31. The first-order chi connectivity index (χ1) is 9.11. The van der Waals surface area contributed by atoms with Crippen molar-refractivity contribution in [3.05, 3.63) is 28.2 Å². The highest BCUT2D eigenvalue weighted by molar-refractivity contribution is 9.10. The van der Waals surface area contributed by atoms with E-state index >= 15 is 0 Å². The first-order valence-corrected chi connectivity index (χ1v) is 7.82. The molecule has 2 rings (SSSR count). The van der Waals surface area contributed by atoms with Crippen LogP contribution in [0.1, 0.15) is 12.0 Å². The molecule has 1 heterocycles. The maximum absolute atomic E-state index is 10.9. The number of benzene rings is 1. The number of nitriles is 1. The molecule has 6 heteroatoms. The minimum atomic E-state index is -0.773. The maximum atomic E-state index is 10.9. The molecule has 1 unspecified atom stereocenters. The highest BCUT2D eigenvalue weighted by Crippen LogP contribution is 2.29. The quantitative estimate of drug-likeness (QED) is 0.916. The van der Waals surface area contributed by atoms with E-state index in [2.05, 4.69) is 26.9 Å². The number of carboxylic acid groups (broad SMARTS) is 1. The molecule has 1 aliphatic heterocycles. The fraction of sp³-hybridized carbons (Fsp3) is 0.385. The van der Waals surface area contributed by atoms with Crippen molar-refractivity contribution < 1.29 is 9.90 Å². The Balaban J connectivity index is 2.25. The molecule has 100 valence electrons. The zero-order valence-electron chi connectivity index (χ0n) is 10.2. The standard InChI is InChI=1S/C13H13BrN2O2S/c14-12-5-10(2-1-9(12)7-15)16-3-4-19-8-11(16)6-13(17)18/h1-2,5,11H,3-4,6,8H2,(H,17,18). The molecule has 1 aromatic carbocycles. The summed E-state index contributed by atoms with van der Waals surface area (Å²) in [5, 5.41) is 17.9. The van der Waals surface area contributed by atoms with Gasteiger partial charge >= 0.3 is 5.97 Å². The predicted molar refractivity (Wildman–Crippen MR) is 79.6 cm³/mol. The molecule has 1 atom stereocenters. The zero-order chi connectivity index (χ0) is 13.8. The van der Waals surface area contributed by atoms with Gasteiger partial charge in [0, 0.05) is 34.3 Å². The Morgan fingerprint density at radius 2 is 2.42 bits per heavy atom. The SMILES string of the molecule is N#Cc1ccc(N2CCSCC2CC(=O)O)cc1Br. The van der Waals surface area contributed by atoms with E-state index in [0.29, 0.717) is 5.56 Å². The van der Waals surface area contributed by atoms with E-state index in [9.17, 15) is 4.79 Å². The molecule has 0 bridgehead atoms. The van der Waals surface area contributed by atoms with E-state index in [1.807, 2.05) is 12.1 Å². The summed E-state index contributed by atoms with van der Waals surface area (Å²) in [6.07, 6.45) is 0.143. The van der Waals surface area contributed by atoms with Crippen molar-refractivity contribution in [1.29, 1.82) is 5.26 Å². The van der Waals surface area contributed by atoms with Gasteiger partial charge in [-0.2, -0.15) is 17.0 Å². The second-order valence-electron chi connectivity index (χ2n) is 4.30. The Kier molecular flexibility index (Phi) is 4.72. The topological polar surface area (TPSA) is 64.3 Å². The van der Waals surface area contributed by atoms with Gasteiger partial charge in [0.25, 0.3) is 0 Å². The number of nitrogens with zero attached hydrogens (tertiary/aromatic N) is 2. The first-order valence-electron chi connectivity index (χ1n) is 5.87. The van der Waals surface area contributed by atoms with Crippen molar-refractivity contribution in [2.45, 2.75) is 12.5 Å². The largest absolute Gasteiger partial charge is 0.481 e. The number of hydrogen-bond acceptors (Lipinski definition) is 4. The van der Waals surface area contributed by atoms with Crippen LogP contribution in [0.2, 0.25) is 0 Å². The highest BCUT2D eigenvalue weighted by atomic mass is 79.9. The van der Waals surface area contributed by atoms with Crippen LogP contribution >= 0.6 is 27.7 Å². The van der Waals surface area contributed by atoms with Gasteiger partial charge in [0.1, 0.15) is 6.07 Å². The molecular weight excluding hydrogens is 328 g/mol. The number of hydrogen-bond donors (Lipinski definition) is 1. The van der Waals surface area contributed by atoms with Crippen LogP contribution in [0.25, 0.3) is 0 Å². The van der Waals surface area contributed by atoms with Gasteiger partial charge in [-0.25, -0.2) is 0 Å². The van der Waals surface area contributed by atoms with E-state index in [1.165, 1.54) is 0 Å². The fourth-order valence-electron chi connectivity index (χ4n) is 2.14. The van der Waals surface area contributed by atoms with Gasteiger partial charge in [-0.15, -0.1) is 0 Å². The average molecular weight is 341 g/mol. The molecule has 4 nitrogen and oxygen atoms in total. The number of anilines is 1. The number of halogens is 1. The van der Waals surface area contributed by atoms with Crippen LogP contribution in [0.5, 0.6) is 0 Å². The summed E-state index contributed by atoms with van der Waals surface area (Å²) in [5.74, 6) is 1.04. The number of carboxylic acids is 1. The maximum Gasteiger partial charge on any atom is 0.305 e. The van der Waals surface area contributed by atoms with Crippen LogP contribution in [0.15, 0.2) is 22.7 Å². The minimum absolute atomic E-state index is 0.0103. The Bertz CT molecular complexity index is 530. The first kappa shape index (κ1) is 14.2. The normalized spacial score (nSPS) is 18.9. The monoisotopic (exact) mass is 340 g/mol. The second-order valence-corrected chi connectivity index (χ2v) is 6.30. The van der Waals surface area contributed by atoms with Crippen molar-refractivity contribution in [1.82, 2.24) is 0 Å². The number of carbonyl (C=O) groups is 1. The molecule has 0 saturated carbocycles. The summed E-state index contributed by atoms with van der Waals surface area (Å²) >= 11 is 5.16. The third kappa shape index (κ3) is 3.43. The van der Waals surface area contributed by atoms with E-state index in [0.717, 1.165) is 28.2 Å². The Hall–Kier alpha value is -1.19. The van der Waals surface area contributed by atoms with E-state index < -0.39 is 5.97 Å². The summed E-state index contributed by atoms with van der Waals surface area (Å²) in [6.45, 7) is 0.834. The third-order valence-electron chi connectivity index (χ3n) is 3.04. The van der Waals surface area contributed by atoms with Gasteiger partial charge in [-0.05, 0) is 34.1 Å². The summed E-state index contributed by atoms with van der Waals surface area (Å²) in [6, 6.07) is 7.65. The molecule has 0 aliphatic carbocycles. The average Bonchev–Trinajstić information content (AvgIpc) is 2.38. The molecule has 1 saturated heterocycles. The van der Waals surface area contributed by atoms with Crippen LogP contribution in [0.4, 0.5) is 5.69 Å². The van der Waals surface area contributed by atoms with Crippen LogP contribution < -0.4 is 4.90 Å². The Morgan fingerprint density at radius 1 is 1.63 bits per heavy atom. The summed E-state index contributed by atoms with van der Waals surface area (Å²) < 4.78 is 0.750. The van der Waals surface area contributed by atoms with Crippen molar-refractivity contribution in [2.75, 3.05) is 23.0 Å². The lowest BCUT2D eigenvalue weighted by atomic mass is 10.1. The van der Waals surface area contributed by atoms with Crippen molar-refractivity contribution in [3.8, 4) is 6.07 Å². The molecule has 0 amide bonds. The van der Waals surface area contributed by atoms with Gasteiger partial charge < -0.3 is 10.0 Å². The summed E-state index contributed by atoms with van der Waals surface area (Å²) in [4.78, 5) is 13.0. The smallest absolute Gasteiger partial charge is 0.305 e. The third-order valence-corrected chi connectivity index (χ3v) is 4.79. The van der Waals surface area contributed by atoms with Crippen molar-refractivity contribution >= 4 is 39.3 Å². The lowest BCUT2D eigenvalue weighted by molar-refractivity contribution is -0.137. The molecule has 1 N–H and O–H groups in total. The van der Waals surface area contributed by atoms with E-state index in [-0.39, 0.29) is 12.5 Å². The molecule has 0 radical (unpaired) electrons. The number of thioether (sulfide) groups is 1. The molecular formula is C13H13BrN2O2S. The van der Waals surface area contributed by atoms with Gasteiger partial charge in [-0.3, -0.25) is 4.79 Å². The molecule has 19 heavy (non-hydrogen) atoms. The van der Waals surface area contributed by atoms with Crippen LogP contribution in [-0.4, -0.2) is 35.2 Å². The Morgan fingerprint density at radius 3 is 3.05 bits per heavy atom. The number of aliphatic carboxylic acids is 1. The molecule has 1 aromatic rings. The summed E-state index contributed by atoms with van der Waals surface area (Å²) in [7, 11) is 0. The molecule has 1 fully saturated rings.